The number of rotatable bonds is 4. The molecule has 11 heteroatoms. The first-order valence-electron chi connectivity index (χ1n) is 12.0. The van der Waals surface area contributed by atoms with Gasteiger partial charge in [0.25, 0.3) is 0 Å². The zero-order chi connectivity index (χ0) is 24.0. The maximum Gasteiger partial charge on any atom is 0.199 e. The minimum atomic E-state index is -1.07. The molecule has 5 heterocycles. The average molecular weight is 478 g/mol. The van der Waals surface area contributed by atoms with Gasteiger partial charge in [0.15, 0.2) is 11.6 Å². The second-order valence-corrected chi connectivity index (χ2v) is 9.43. The number of hydrogen-bond acceptors (Lipinski definition) is 7. The second-order valence-electron chi connectivity index (χ2n) is 9.43. The Balaban J connectivity index is 1.34. The monoisotopic (exact) mass is 477 g/mol. The van der Waals surface area contributed by atoms with Crippen molar-refractivity contribution in [2.45, 2.75) is 38.0 Å². The zero-order valence-corrected chi connectivity index (χ0v) is 20.0. The van der Waals surface area contributed by atoms with Gasteiger partial charge in [0.2, 0.25) is 0 Å². The number of aromatic amines is 1. The predicted octanol–water partition coefficient (Wildman–Crippen LogP) is 1.83. The summed E-state index contributed by atoms with van der Waals surface area (Å²) in [6, 6.07) is 8.38. The van der Waals surface area contributed by atoms with Crippen LogP contribution in [-0.4, -0.2) is 59.4 Å². The zero-order valence-electron chi connectivity index (χ0n) is 20.0. The van der Waals surface area contributed by atoms with Crippen LogP contribution in [0.15, 0.2) is 35.5 Å². The van der Waals surface area contributed by atoms with Crippen LogP contribution in [-0.2, 0) is 16.9 Å². The number of hydrogen-bond donors (Lipinski definition) is 4. The van der Waals surface area contributed by atoms with Gasteiger partial charge in [-0.1, -0.05) is 6.07 Å². The van der Waals surface area contributed by atoms with Crippen LogP contribution in [0.2, 0.25) is 0 Å². The standard InChI is InChI=1S/C24H31N9O2/c1-15-11-21(31-30-15)24(25)18-14-27-33(17-5-8-34-9-6-17)22(18)28-23(29-24)26-13-16-3-4-20-19(12-16)32(2)7-10-35-20/h3-4,11-12,14,17H,5-10,13,25H2,1-2H3,(H,30,31)(H2,26,28,29). The predicted molar refractivity (Wildman–Crippen MR) is 133 cm³/mol. The molecule has 1 fully saturated rings. The number of aryl methyl sites for hydroxylation is 1. The Morgan fingerprint density at radius 2 is 2.09 bits per heavy atom. The van der Waals surface area contributed by atoms with Gasteiger partial charge in [0.1, 0.15) is 23.9 Å². The molecule has 0 radical (unpaired) electrons. The van der Waals surface area contributed by atoms with Crippen molar-refractivity contribution in [3.63, 3.8) is 0 Å². The summed E-state index contributed by atoms with van der Waals surface area (Å²) in [7, 11) is 2.08. The number of aromatic nitrogens is 4. The van der Waals surface area contributed by atoms with E-state index in [2.05, 4.69) is 44.9 Å². The number of likely N-dealkylation sites (N-methyl/N-ethyl adjacent to an activating group) is 1. The Morgan fingerprint density at radius 1 is 1.23 bits per heavy atom. The molecule has 6 rings (SSSR count). The van der Waals surface area contributed by atoms with Crippen LogP contribution >= 0.6 is 0 Å². The lowest BCUT2D eigenvalue weighted by Crippen LogP contribution is -2.59. The van der Waals surface area contributed by atoms with Crippen LogP contribution in [0, 0.1) is 6.92 Å². The number of aliphatic imine (C=N–C) groups is 1. The summed E-state index contributed by atoms with van der Waals surface area (Å²) in [4.78, 5) is 7.08. The highest BCUT2D eigenvalue weighted by molar-refractivity contribution is 5.97. The Morgan fingerprint density at radius 3 is 2.89 bits per heavy atom. The molecule has 3 aliphatic heterocycles. The molecule has 0 amide bonds. The van der Waals surface area contributed by atoms with E-state index in [-0.39, 0.29) is 6.04 Å². The fraction of sp³-hybridized carbons (Fsp3) is 0.458. The summed E-state index contributed by atoms with van der Waals surface area (Å²) in [6.07, 6.45) is 3.63. The molecule has 3 aromatic rings. The van der Waals surface area contributed by atoms with E-state index in [1.807, 2.05) is 29.9 Å². The maximum absolute atomic E-state index is 7.00. The minimum Gasteiger partial charge on any atom is -0.490 e. The molecule has 1 saturated heterocycles. The molecule has 0 bridgehead atoms. The maximum atomic E-state index is 7.00. The van der Waals surface area contributed by atoms with E-state index < -0.39 is 5.66 Å². The van der Waals surface area contributed by atoms with Gasteiger partial charge in [-0.05, 0) is 43.5 Å². The number of nitrogens with one attached hydrogen (secondary N) is 3. The number of H-pyrrole nitrogens is 1. The number of nitrogens with zero attached hydrogens (tertiary/aromatic N) is 5. The topological polar surface area (TPSA) is 131 Å². The molecule has 3 aliphatic rings. The molecule has 5 N–H and O–H groups in total. The third-order valence-corrected chi connectivity index (χ3v) is 6.96. The molecular weight excluding hydrogens is 446 g/mol. The van der Waals surface area contributed by atoms with E-state index in [0.717, 1.165) is 66.7 Å². The number of fused-ring (bicyclic) bond motifs is 2. The van der Waals surface area contributed by atoms with Crippen molar-refractivity contribution in [2.24, 2.45) is 10.7 Å². The first-order chi connectivity index (χ1) is 17.0. The van der Waals surface area contributed by atoms with E-state index in [1.54, 1.807) is 0 Å². The third kappa shape index (κ3) is 3.90. The third-order valence-electron chi connectivity index (χ3n) is 6.96. The first kappa shape index (κ1) is 21.9. The summed E-state index contributed by atoms with van der Waals surface area (Å²) < 4.78 is 13.4. The number of anilines is 2. The minimum absolute atomic E-state index is 0.237. The molecule has 0 aliphatic carbocycles. The lowest BCUT2D eigenvalue weighted by Gasteiger charge is -2.36. The summed E-state index contributed by atoms with van der Waals surface area (Å²) in [5.41, 5.74) is 10.5. The average Bonchev–Trinajstić information content (AvgIpc) is 3.51. The van der Waals surface area contributed by atoms with Crippen LogP contribution < -0.4 is 26.0 Å². The van der Waals surface area contributed by atoms with Gasteiger partial charge in [0.05, 0.1) is 36.6 Å². The quantitative estimate of drug-likeness (QED) is 0.448. The summed E-state index contributed by atoms with van der Waals surface area (Å²) in [5, 5.41) is 19.1. The Hall–Kier alpha value is -3.57. The van der Waals surface area contributed by atoms with Crippen LogP contribution in [0.1, 0.15) is 41.4 Å². The second kappa shape index (κ2) is 8.58. The number of nitrogens with two attached hydrogens (primary N) is 1. The highest BCUT2D eigenvalue weighted by atomic mass is 16.5. The van der Waals surface area contributed by atoms with E-state index in [9.17, 15) is 0 Å². The van der Waals surface area contributed by atoms with E-state index >= 15 is 0 Å². The van der Waals surface area contributed by atoms with Crippen LogP contribution in [0.4, 0.5) is 11.5 Å². The summed E-state index contributed by atoms with van der Waals surface area (Å²) >= 11 is 0. The number of benzene rings is 1. The van der Waals surface area contributed by atoms with Crippen molar-refractivity contribution in [3.05, 3.63) is 53.0 Å². The van der Waals surface area contributed by atoms with Crippen LogP contribution in [0.3, 0.4) is 0 Å². The molecule has 0 spiro atoms. The number of ether oxygens (including phenoxy) is 2. The van der Waals surface area contributed by atoms with Gasteiger partial charge in [0, 0.05) is 26.0 Å². The van der Waals surface area contributed by atoms with Gasteiger partial charge < -0.3 is 25.0 Å². The number of guanidine groups is 1. The Bertz CT molecular complexity index is 1260. The van der Waals surface area contributed by atoms with E-state index in [0.29, 0.717) is 24.8 Å². The largest absolute Gasteiger partial charge is 0.490 e. The fourth-order valence-electron chi connectivity index (χ4n) is 4.95. The van der Waals surface area contributed by atoms with Gasteiger partial charge >= 0.3 is 0 Å². The van der Waals surface area contributed by atoms with Crippen molar-refractivity contribution in [1.29, 1.82) is 0 Å². The van der Waals surface area contributed by atoms with Crippen LogP contribution in [0.5, 0.6) is 5.75 Å². The van der Waals surface area contributed by atoms with Crippen LogP contribution in [0.25, 0.3) is 0 Å². The lowest BCUT2D eigenvalue weighted by molar-refractivity contribution is 0.0668. The smallest absolute Gasteiger partial charge is 0.199 e. The molecule has 2 aromatic heterocycles. The van der Waals surface area contributed by atoms with Crippen molar-refractivity contribution < 1.29 is 9.47 Å². The Labute approximate surface area is 203 Å². The lowest BCUT2D eigenvalue weighted by atomic mass is 9.97. The fourth-order valence-corrected chi connectivity index (χ4v) is 4.95. The Kier molecular flexibility index (Phi) is 5.37. The molecule has 35 heavy (non-hydrogen) atoms. The summed E-state index contributed by atoms with van der Waals surface area (Å²) in [5.74, 6) is 2.33. The van der Waals surface area contributed by atoms with E-state index in [4.69, 9.17) is 25.3 Å². The molecular formula is C24H31N9O2. The van der Waals surface area contributed by atoms with Gasteiger partial charge in [-0.25, -0.2) is 9.67 Å². The van der Waals surface area contributed by atoms with Gasteiger partial charge in [-0.15, -0.1) is 0 Å². The molecule has 184 valence electrons. The first-order valence-corrected chi connectivity index (χ1v) is 12.0. The van der Waals surface area contributed by atoms with E-state index in [1.165, 1.54) is 0 Å². The van der Waals surface area contributed by atoms with Crippen molar-refractivity contribution in [2.75, 3.05) is 43.6 Å². The highest BCUT2D eigenvalue weighted by Gasteiger charge is 2.42. The molecule has 0 saturated carbocycles. The highest BCUT2D eigenvalue weighted by Crippen LogP contribution is 2.36. The SMILES string of the molecule is Cc1cc(C2(N)NC(=NCc3ccc4c(c3)N(C)CCO4)Nc3c2cnn3C2CCOCC2)n[nH]1. The molecule has 1 aromatic carbocycles. The molecule has 11 nitrogen and oxygen atoms in total. The normalized spacial score (nSPS) is 23.3. The summed E-state index contributed by atoms with van der Waals surface area (Å²) in [6.45, 7) is 5.45. The van der Waals surface area contributed by atoms with Crippen molar-refractivity contribution in [1.82, 2.24) is 25.3 Å². The molecule has 1 atom stereocenters. The van der Waals surface area contributed by atoms with Gasteiger partial charge in [-0.3, -0.25) is 10.8 Å². The molecule has 1 unspecified atom stereocenters. The van der Waals surface area contributed by atoms with Gasteiger partial charge in [-0.2, -0.15) is 10.2 Å². The van der Waals surface area contributed by atoms with Crippen molar-refractivity contribution >= 4 is 17.5 Å². The van der Waals surface area contributed by atoms with Crippen molar-refractivity contribution in [3.8, 4) is 5.75 Å².